The first-order chi connectivity index (χ1) is 17.5. The van der Waals surface area contributed by atoms with Crippen LogP contribution in [0.2, 0.25) is 0 Å². The lowest BCUT2D eigenvalue weighted by atomic mass is 9.63. The van der Waals surface area contributed by atoms with Crippen molar-refractivity contribution in [2.75, 3.05) is 16.8 Å². The zero-order valence-corrected chi connectivity index (χ0v) is 20.1. The van der Waals surface area contributed by atoms with Gasteiger partial charge in [0.2, 0.25) is 11.8 Å². The lowest BCUT2D eigenvalue weighted by molar-refractivity contribution is -0.124. The number of anilines is 2. The Hall–Kier alpha value is -3.74. The largest absolute Gasteiger partial charge is 0.462 e. The Bertz CT molecular complexity index is 1230. The normalized spacial score (nSPS) is 29.1. The maximum absolute atomic E-state index is 13.3. The molecule has 1 N–H and O–H groups in total. The number of unbranched alkanes of at least 4 members (excludes halogenated alkanes) is 1. The van der Waals surface area contributed by atoms with Crippen LogP contribution in [0.3, 0.4) is 0 Å². The molecular formula is C29H28N2O5. The fourth-order valence-corrected chi connectivity index (χ4v) is 6.26. The predicted octanol–water partition coefficient (Wildman–Crippen LogP) is 4.45. The van der Waals surface area contributed by atoms with E-state index in [1.54, 1.807) is 48.5 Å². The molecule has 3 amide bonds. The highest BCUT2D eigenvalue weighted by Crippen LogP contribution is 2.65. The summed E-state index contributed by atoms with van der Waals surface area (Å²) in [7, 11) is 0. The van der Waals surface area contributed by atoms with Gasteiger partial charge in [-0.15, -0.1) is 0 Å². The van der Waals surface area contributed by atoms with Gasteiger partial charge in [0.05, 0.1) is 29.7 Å². The van der Waals surface area contributed by atoms with Gasteiger partial charge in [-0.3, -0.25) is 19.3 Å². The van der Waals surface area contributed by atoms with Crippen molar-refractivity contribution < 1.29 is 23.9 Å². The summed E-state index contributed by atoms with van der Waals surface area (Å²) in [6.07, 6.45) is 7.21. The van der Waals surface area contributed by atoms with E-state index >= 15 is 0 Å². The topological polar surface area (TPSA) is 92.8 Å². The minimum atomic E-state index is -0.386. The Kier molecular flexibility index (Phi) is 5.51. The fourth-order valence-electron chi connectivity index (χ4n) is 6.26. The first kappa shape index (κ1) is 22.7. The van der Waals surface area contributed by atoms with E-state index in [0.717, 1.165) is 19.3 Å². The van der Waals surface area contributed by atoms with Crippen LogP contribution in [0.5, 0.6) is 0 Å². The lowest BCUT2D eigenvalue weighted by Gasteiger charge is -2.37. The Morgan fingerprint density at radius 2 is 1.47 bits per heavy atom. The molecule has 2 bridgehead atoms. The third kappa shape index (κ3) is 3.65. The molecule has 7 rings (SSSR count). The van der Waals surface area contributed by atoms with Crippen LogP contribution >= 0.6 is 0 Å². The van der Waals surface area contributed by atoms with E-state index in [4.69, 9.17) is 4.74 Å². The Morgan fingerprint density at radius 1 is 0.889 bits per heavy atom. The van der Waals surface area contributed by atoms with Crippen molar-refractivity contribution in [3.63, 3.8) is 0 Å². The molecule has 0 unspecified atom stereocenters. The average Bonchev–Trinajstić information content (AvgIpc) is 3.67. The highest BCUT2D eigenvalue weighted by molar-refractivity contribution is 6.22. The smallest absolute Gasteiger partial charge is 0.338 e. The van der Waals surface area contributed by atoms with Crippen LogP contribution in [0, 0.1) is 35.5 Å². The molecule has 36 heavy (non-hydrogen) atoms. The number of imide groups is 1. The van der Waals surface area contributed by atoms with Crippen LogP contribution in [0.25, 0.3) is 0 Å². The third-order valence-corrected chi connectivity index (χ3v) is 8.16. The number of benzene rings is 2. The van der Waals surface area contributed by atoms with Gasteiger partial charge in [-0.1, -0.05) is 25.5 Å². The molecule has 0 aromatic heterocycles. The zero-order valence-electron chi connectivity index (χ0n) is 20.1. The average molecular weight is 485 g/mol. The van der Waals surface area contributed by atoms with Crippen LogP contribution in [0.15, 0.2) is 60.7 Å². The number of ether oxygens (including phenoxy) is 1. The van der Waals surface area contributed by atoms with Crippen LogP contribution in [0.1, 0.15) is 46.9 Å². The number of amides is 3. The van der Waals surface area contributed by atoms with Crippen LogP contribution < -0.4 is 10.2 Å². The summed E-state index contributed by atoms with van der Waals surface area (Å²) in [6, 6.07) is 13.1. The third-order valence-electron chi connectivity index (χ3n) is 8.16. The summed E-state index contributed by atoms with van der Waals surface area (Å²) < 4.78 is 5.20. The quantitative estimate of drug-likeness (QED) is 0.271. The first-order valence-electron chi connectivity index (χ1n) is 12.7. The minimum Gasteiger partial charge on any atom is -0.462 e. The standard InChI is InChI=1S/C29H28N2O5/c1-2-3-14-36-29(35)17-4-8-18(9-5-17)30-26(32)16-6-10-19(11-7-16)31-27(33)24-20-12-13-21(23-15-22(20)23)25(24)28(31)34/h4-13,20-25H,2-3,14-15H2,1H3,(H,30,32)/t20-,21-,22-,23-,24-,25+/m0/s1. The Morgan fingerprint density at radius 3 is 2.06 bits per heavy atom. The number of carbonyl (C=O) groups excluding carboxylic acids is 4. The van der Waals surface area contributed by atoms with Crippen molar-refractivity contribution in [3.8, 4) is 0 Å². The van der Waals surface area contributed by atoms with E-state index in [2.05, 4.69) is 17.5 Å². The molecule has 7 nitrogen and oxygen atoms in total. The fraction of sp³-hybridized carbons (Fsp3) is 0.379. The molecule has 2 saturated carbocycles. The molecule has 4 aliphatic carbocycles. The van der Waals surface area contributed by atoms with Crippen molar-refractivity contribution >= 4 is 35.1 Å². The number of carbonyl (C=O) groups is 4. The number of hydrogen-bond acceptors (Lipinski definition) is 5. The zero-order chi connectivity index (χ0) is 25.0. The van der Waals surface area contributed by atoms with Gasteiger partial charge in [-0.05, 0) is 85.0 Å². The Balaban J connectivity index is 1.11. The number of esters is 1. The van der Waals surface area contributed by atoms with E-state index in [-0.39, 0.29) is 47.4 Å². The van der Waals surface area contributed by atoms with E-state index < -0.39 is 0 Å². The second kappa shape index (κ2) is 8.73. The molecular weight excluding hydrogens is 456 g/mol. The number of rotatable bonds is 7. The van der Waals surface area contributed by atoms with Crippen LogP contribution in [0.4, 0.5) is 11.4 Å². The van der Waals surface area contributed by atoms with Crippen LogP contribution in [-0.2, 0) is 14.3 Å². The molecule has 1 saturated heterocycles. The number of nitrogens with zero attached hydrogens (tertiary/aromatic N) is 1. The van der Waals surface area contributed by atoms with Crippen molar-refractivity contribution in [1.29, 1.82) is 0 Å². The molecule has 0 radical (unpaired) electrons. The van der Waals surface area contributed by atoms with Crippen molar-refractivity contribution in [2.45, 2.75) is 26.2 Å². The SMILES string of the molecule is CCCCOC(=O)c1ccc(NC(=O)c2ccc(N3C(=O)[C@@H]4[C@H]5C=C[C@@H]([C@@H]6C[C@@H]56)[C@@H]4C3=O)cc2)cc1. The summed E-state index contributed by atoms with van der Waals surface area (Å²) in [5.74, 6) is 0.0629. The second-order valence-corrected chi connectivity index (χ2v) is 10.2. The van der Waals surface area contributed by atoms with Gasteiger partial charge in [0, 0.05) is 11.3 Å². The molecule has 184 valence electrons. The molecule has 0 spiro atoms. The molecule has 2 aromatic carbocycles. The van der Waals surface area contributed by atoms with Crippen LogP contribution in [-0.4, -0.2) is 30.3 Å². The number of nitrogens with one attached hydrogen (secondary N) is 1. The van der Waals surface area contributed by atoms with Crippen molar-refractivity contribution in [2.24, 2.45) is 35.5 Å². The molecule has 5 aliphatic rings. The monoisotopic (exact) mass is 484 g/mol. The maximum atomic E-state index is 13.3. The molecule has 7 heteroatoms. The van der Waals surface area contributed by atoms with E-state index in [1.807, 2.05) is 6.92 Å². The summed E-state index contributed by atoms with van der Waals surface area (Å²) >= 11 is 0. The lowest BCUT2D eigenvalue weighted by Crippen LogP contribution is -2.40. The van der Waals surface area contributed by atoms with Crippen molar-refractivity contribution in [1.82, 2.24) is 0 Å². The van der Waals surface area contributed by atoms with Gasteiger partial charge in [0.15, 0.2) is 0 Å². The first-order valence-corrected chi connectivity index (χ1v) is 12.7. The van der Waals surface area contributed by atoms with Gasteiger partial charge in [0.25, 0.3) is 5.91 Å². The molecule has 6 atom stereocenters. The molecule has 1 aliphatic heterocycles. The molecule has 1 heterocycles. The van der Waals surface area contributed by atoms with Gasteiger partial charge in [0.1, 0.15) is 0 Å². The highest BCUT2D eigenvalue weighted by Gasteiger charge is 2.67. The minimum absolute atomic E-state index is 0.111. The van der Waals surface area contributed by atoms with E-state index in [1.165, 1.54) is 4.90 Å². The molecule has 2 aromatic rings. The van der Waals surface area contributed by atoms with Gasteiger partial charge in [-0.2, -0.15) is 0 Å². The summed E-state index contributed by atoms with van der Waals surface area (Å²) in [4.78, 5) is 52.7. The van der Waals surface area contributed by atoms with E-state index in [9.17, 15) is 19.2 Å². The highest BCUT2D eigenvalue weighted by atomic mass is 16.5. The van der Waals surface area contributed by atoms with Crippen molar-refractivity contribution in [3.05, 3.63) is 71.8 Å². The van der Waals surface area contributed by atoms with Gasteiger partial charge in [-0.25, -0.2) is 4.79 Å². The maximum Gasteiger partial charge on any atom is 0.338 e. The second-order valence-electron chi connectivity index (χ2n) is 10.2. The van der Waals surface area contributed by atoms with Gasteiger partial charge < -0.3 is 10.1 Å². The Labute approximate surface area is 209 Å². The molecule has 3 fully saturated rings. The van der Waals surface area contributed by atoms with E-state index in [0.29, 0.717) is 40.9 Å². The predicted molar refractivity (Wildman–Crippen MR) is 133 cm³/mol. The van der Waals surface area contributed by atoms with Gasteiger partial charge >= 0.3 is 5.97 Å². The summed E-state index contributed by atoms with van der Waals surface area (Å²) in [5.41, 5.74) is 1.89. The summed E-state index contributed by atoms with van der Waals surface area (Å²) in [6.45, 7) is 2.41. The number of hydrogen-bond donors (Lipinski definition) is 1. The summed E-state index contributed by atoms with van der Waals surface area (Å²) in [5, 5.41) is 2.81. The number of allylic oxidation sites excluding steroid dienone is 2.